The summed E-state index contributed by atoms with van der Waals surface area (Å²) in [5.41, 5.74) is 0.592. The molecule has 0 spiro atoms. The molecule has 0 radical (unpaired) electrons. The van der Waals surface area contributed by atoms with Crippen molar-refractivity contribution in [2.24, 2.45) is 0 Å². The van der Waals surface area contributed by atoms with E-state index in [1.165, 1.54) is 6.33 Å². The number of carbonyl (C=O) groups excluding carboxylic acids is 1. The molecule has 1 aliphatic heterocycles. The van der Waals surface area contributed by atoms with Crippen LogP contribution in [0, 0.1) is 0 Å². The molecule has 1 fully saturated rings. The number of hydrogen-bond donors (Lipinski definition) is 3. The molecule has 1 aromatic heterocycles. The van der Waals surface area contributed by atoms with E-state index in [-0.39, 0.29) is 12.5 Å². The van der Waals surface area contributed by atoms with Gasteiger partial charge in [-0.15, -0.1) is 0 Å². The molecule has 8 heteroatoms. The number of H-pyrrole nitrogens is 1. The zero-order chi connectivity index (χ0) is 13.7. The summed E-state index contributed by atoms with van der Waals surface area (Å²) < 4.78 is 5.14. The number of imidazole rings is 1. The van der Waals surface area contributed by atoms with Gasteiger partial charge in [-0.2, -0.15) is 0 Å². The van der Waals surface area contributed by atoms with Crippen LogP contribution in [0.5, 0.6) is 0 Å². The van der Waals surface area contributed by atoms with E-state index in [0.29, 0.717) is 32.0 Å². The summed E-state index contributed by atoms with van der Waals surface area (Å²) >= 11 is 0. The van der Waals surface area contributed by atoms with Crippen molar-refractivity contribution in [3.63, 3.8) is 0 Å². The molecular formula is C11H16N4O4. The number of hydrogen-bond acceptors (Lipinski definition) is 4. The molecule has 1 saturated heterocycles. The second-order valence-corrected chi connectivity index (χ2v) is 4.20. The molecule has 104 valence electrons. The fraction of sp³-hybridized carbons (Fsp3) is 0.545. The van der Waals surface area contributed by atoms with Gasteiger partial charge in [0, 0.05) is 25.7 Å². The van der Waals surface area contributed by atoms with E-state index in [2.05, 4.69) is 15.3 Å². The minimum absolute atomic E-state index is 0.148. The topological polar surface area (TPSA) is 108 Å². The Bertz CT molecular complexity index is 428. The van der Waals surface area contributed by atoms with Crippen LogP contribution in [0.3, 0.4) is 0 Å². The molecule has 2 heterocycles. The molecule has 1 aromatic rings. The molecule has 1 atom stereocenters. The van der Waals surface area contributed by atoms with Gasteiger partial charge in [0.25, 0.3) is 0 Å². The lowest BCUT2D eigenvalue weighted by molar-refractivity contribution is -0.139. The van der Waals surface area contributed by atoms with Gasteiger partial charge in [-0.05, 0) is 0 Å². The van der Waals surface area contributed by atoms with Crippen LogP contribution in [-0.4, -0.2) is 64.3 Å². The Morgan fingerprint density at radius 2 is 2.26 bits per heavy atom. The minimum Gasteiger partial charge on any atom is -0.480 e. The van der Waals surface area contributed by atoms with Gasteiger partial charge in [0.05, 0.1) is 25.2 Å². The number of aromatic nitrogens is 2. The zero-order valence-electron chi connectivity index (χ0n) is 10.3. The van der Waals surface area contributed by atoms with Gasteiger partial charge in [0.2, 0.25) is 0 Å². The molecule has 0 aromatic carbocycles. The molecule has 1 aliphatic rings. The van der Waals surface area contributed by atoms with Gasteiger partial charge < -0.3 is 25.0 Å². The van der Waals surface area contributed by atoms with E-state index in [4.69, 9.17) is 9.84 Å². The van der Waals surface area contributed by atoms with Crippen LogP contribution in [0.25, 0.3) is 0 Å². The normalized spacial score (nSPS) is 16.9. The molecule has 2 amide bonds. The Balaban J connectivity index is 1.92. The highest BCUT2D eigenvalue weighted by molar-refractivity contribution is 5.82. The Hall–Kier alpha value is -2.09. The van der Waals surface area contributed by atoms with E-state index < -0.39 is 12.0 Å². The molecule has 8 nitrogen and oxygen atoms in total. The highest BCUT2D eigenvalue weighted by Crippen LogP contribution is 2.02. The number of aromatic amines is 1. The van der Waals surface area contributed by atoms with Crippen LogP contribution in [0.1, 0.15) is 5.69 Å². The van der Waals surface area contributed by atoms with Gasteiger partial charge in [0.1, 0.15) is 6.04 Å². The largest absolute Gasteiger partial charge is 0.480 e. The van der Waals surface area contributed by atoms with Crippen molar-refractivity contribution in [3.05, 3.63) is 18.2 Å². The molecule has 0 bridgehead atoms. The van der Waals surface area contributed by atoms with Crippen molar-refractivity contribution in [2.75, 3.05) is 26.3 Å². The summed E-state index contributed by atoms with van der Waals surface area (Å²) in [6.45, 7) is 1.90. The summed E-state index contributed by atoms with van der Waals surface area (Å²) in [7, 11) is 0. The smallest absolute Gasteiger partial charge is 0.326 e. The van der Waals surface area contributed by atoms with Gasteiger partial charge in [-0.25, -0.2) is 14.6 Å². The summed E-state index contributed by atoms with van der Waals surface area (Å²) in [6.07, 6.45) is 3.23. The predicted molar refractivity (Wildman–Crippen MR) is 64.6 cm³/mol. The summed E-state index contributed by atoms with van der Waals surface area (Å²) in [5, 5.41) is 11.6. The van der Waals surface area contributed by atoms with E-state index in [0.717, 1.165) is 0 Å². The van der Waals surface area contributed by atoms with Crippen LogP contribution >= 0.6 is 0 Å². The first-order valence-electron chi connectivity index (χ1n) is 6.00. The monoisotopic (exact) mass is 268 g/mol. The number of morpholine rings is 1. The van der Waals surface area contributed by atoms with Crippen LogP contribution in [0.4, 0.5) is 4.79 Å². The first-order chi connectivity index (χ1) is 9.16. The Kier molecular flexibility index (Phi) is 4.35. The number of ether oxygens (including phenoxy) is 1. The lowest BCUT2D eigenvalue weighted by atomic mass is 10.1. The highest BCUT2D eigenvalue weighted by Gasteiger charge is 2.25. The average Bonchev–Trinajstić information content (AvgIpc) is 2.91. The Morgan fingerprint density at radius 3 is 2.84 bits per heavy atom. The Labute approximate surface area is 109 Å². The van der Waals surface area contributed by atoms with E-state index in [9.17, 15) is 9.59 Å². The number of carbonyl (C=O) groups is 2. The third-order valence-electron chi connectivity index (χ3n) is 2.86. The number of rotatable bonds is 4. The van der Waals surface area contributed by atoms with Crippen LogP contribution in [0.2, 0.25) is 0 Å². The third kappa shape index (κ3) is 3.68. The highest BCUT2D eigenvalue weighted by atomic mass is 16.5. The van der Waals surface area contributed by atoms with Crippen LogP contribution in [-0.2, 0) is 16.0 Å². The van der Waals surface area contributed by atoms with Crippen molar-refractivity contribution >= 4 is 12.0 Å². The molecular weight excluding hydrogens is 252 g/mol. The quantitative estimate of drug-likeness (QED) is 0.679. The fourth-order valence-corrected chi connectivity index (χ4v) is 1.82. The first-order valence-corrected chi connectivity index (χ1v) is 6.00. The number of carboxylic acid groups (broad SMARTS) is 1. The van der Waals surface area contributed by atoms with Crippen LogP contribution in [0.15, 0.2) is 12.5 Å². The number of nitrogens with zero attached hydrogens (tertiary/aromatic N) is 2. The van der Waals surface area contributed by atoms with Gasteiger partial charge >= 0.3 is 12.0 Å². The maximum Gasteiger partial charge on any atom is 0.326 e. The first kappa shape index (κ1) is 13.3. The second kappa shape index (κ2) is 6.19. The minimum atomic E-state index is -1.08. The van der Waals surface area contributed by atoms with E-state index >= 15 is 0 Å². The summed E-state index contributed by atoms with van der Waals surface area (Å²) in [5.74, 6) is -1.08. The third-order valence-corrected chi connectivity index (χ3v) is 2.86. The molecule has 19 heavy (non-hydrogen) atoms. The second-order valence-electron chi connectivity index (χ2n) is 4.20. The number of urea groups is 1. The lowest BCUT2D eigenvalue weighted by Gasteiger charge is -2.28. The zero-order valence-corrected chi connectivity index (χ0v) is 10.3. The van der Waals surface area contributed by atoms with Crippen molar-refractivity contribution < 1.29 is 19.4 Å². The number of aliphatic carboxylic acids is 1. The fourth-order valence-electron chi connectivity index (χ4n) is 1.82. The Morgan fingerprint density at radius 1 is 1.53 bits per heavy atom. The number of amides is 2. The number of carboxylic acids is 1. The molecule has 0 saturated carbocycles. The SMILES string of the molecule is O=C(O)C(Cc1c[nH]cn1)NC(=O)N1CCOCC1. The van der Waals surface area contributed by atoms with Crippen molar-refractivity contribution in [1.29, 1.82) is 0 Å². The van der Waals surface area contributed by atoms with Crippen molar-refractivity contribution in [3.8, 4) is 0 Å². The van der Waals surface area contributed by atoms with E-state index in [1.807, 2.05) is 0 Å². The van der Waals surface area contributed by atoms with Gasteiger partial charge in [0.15, 0.2) is 0 Å². The van der Waals surface area contributed by atoms with Gasteiger partial charge in [-0.3, -0.25) is 0 Å². The van der Waals surface area contributed by atoms with Gasteiger partial charge in [-0.1, -0.05) is 0 Å². The van der Waals surface area contributed by atoms with Crippen molar-refractivity contribution in [1.82, 2.24) is 20.2 Å². The van der Waals surface area contributed by atoms with E-state index in [1.54, 1.807) is 11.1 Å². The summed E-state index contributed by atoms with van der Waals surface area (Å²) in [4.78, 5) is 31.3. The molecule has 0 aliphatic carbocycles. The molecule has 2 rings (SSSR count). The number of nitrogens with one attached hydrogen (secondary N) is 2. The summed E-state index contributed by atoms with van der Waals surface area (Å²) in [6, 6.07) is -1.37. The molecule has 3 N–H and O–H groups in total. The maximum absolute atomic E-state index is 11.9. The molecule has 1 unspecified atom stereocenters. The maximum atomic E-state index is 11.9. The van der Waals surface area contributed by atoms with Crippen LogP contribution < -0.4 is 5.32 Å². The predicted octanol–water partition coefficient (Wildman–Crippen LogP) is -0.553. The average molecular weight is 268 g/mol. The standard InChI is InChI=1S/C11H16N4O4/c16-10(17)9(5-8-6-12-7-13-8)14-11(18)15-1-3-19-4-2-15/h6-7,9H,1-5H2,(H,12,13)(H,14,18)(H,16,17). The lowest BCUT2D eigenvalue weighted by Crippen LogP contribution is -2.51. The van der Waals surface area contributed by atoms with Crippen molar-refractivity contribution in [2.45, 2.75) is 12.5 Å².